The van der Waals surface area contributed by atoms with E-state index < -0.39 is 69.1 Å². The number of aromatic hydroxyl groups is 2. The molecule has 0 saturated carbocycles. The van der Waals surface area contributed by atoms with Gasteiger partial charge in [0.05, 0.1) is 16.3 Å². The molecule has 300 valence electrons. The number of nitrogens with zero attached hydrogens (tertiary/aromatic N) is 4. The molecule has 7 aromatic rings. The molecule has 60 heavy (non-hydrogen) atoms. The molecule has 0 spiro atoms. The van der Waals surface area contributed by atoms with Gasteiger partial charge in [-0.05, 0) is 119 Å². The molecule has 0 atom stereocenters. The van der Waals surface area contributed by atoms with E-state index in [4.69, 9.17) is 0 Å². The van der Waals surface area contributed by atoms with Crippen molar-refractivity contribution in [2.45, 2.75) is 21.6 Å². The standard InChI is InChI=1S/C38H28N6O12S3.Na/c1-20-3-2-4-27(13-20)41-43-34-32(58(51,52)53)18-23-15-25(8-11-30(23)36(34)45)39-38(47)40-26-9-12-31-24(16-26)19-33(59(54,55)56)35(37(31)46)44-42-28-7-5-22-17-29(57(48,49)50)10-6-21(22)14-28;/h2-19,45-46H,1H3,(H2,39,40,47)(H,48,49,50)(H,51,52,53)(H,54,55,56);/q;+1. The molecule has 7 rings (SSSR count). The van der Waals surface area contributed by atoms with Crippen LogP contribution >= 0.6 is 0 Å². The molecule has 22 heteroatoms. The summed E-state index contributed by atoms with van der Waals surface area (Å²) in [5.41, 5.74) is 0.523. The predicted octanol–water partition coefficient (Wildman–Crippen LogP) is 6.08. The Kier molecular flexibility index (Phi) is 12.1. The van der Waals surface area contributed by atoms with Crippen LogP contribution in [0, 0.1) is 6.92 Å². The molecule has 0 unspecified atom stereocenters. The molecular weight excluding hydrogens is 852 g/mol. The molecule has 0 aromatic heterocycles. The van der Waals surface area contributed by atoms with E-state index in [-0.39, 0.29) is 73.1 Å². The minimum absolute atomic E-state index is 0. The van der Waals surface area contributed by atoms with Crippen molar-refractivity contribution in [3.05, 3.63) is 115 Å². The van der Waals surface area contributed by atoms with Gasteiger partial charge in [-0.1, -0.05) is 24.3 Å². The van der Waals surface area contributed by atoms with Gasteiger partial charge in [0.15, 0.2) is 11.5 Å². The van der Waals surface area contributed by atoms with Gasteiger partial charge in [0.25, 0.3) is 30.4 Å². The number of nitrogens with one attached hydrogen (secondary N) is 2. The number of carbonyl (C=O) groups is 1. The Hall–Kier alpha value is -5.88. The van der Waals surface area contributed by atoms with Crippen LogP contribution in [0.3, 0.4) is 0 Å². The third kappa shape index (κ3) is 9.44. The van der Waals surface area contributed by atoms with Crippen LogP contribution in [-0.2, 0) is 30.4 Å². The maximum absolute atomic E-state index is 13.1. The number of benzene rings is 7. The fourth-order valence-corrected chi connectivity index (χ4v) is 7.91. The van der Waals surface area contributed by atoms with Crippen molar-refractivity contribution in [3.63, 3.8) is 0 Å². The average molecular weight is 880 g/mol. The zero-order chi connectivity index (χ0) is 42.4. The van der Waals surface area contributed by atoms with Crippen LogP contribution in [-0.4, -0.2) is 55.2 Å². The summed E-state index contributed by atoms with van der Waals surface area (Å²) in [6.45, 7) is 1.82. The summed E-state index contributed by atoms with van der Waals surface area (Å²) < 4.78 is 102. The van der Waals surface area contributed by atoms with Crippen LogP contribution in [0.15, 0.2) is 144 Å². The number of urea groups is 1. The minimum Gasteiger partial charge on any atom is -0.505 e. The van der Waals surface area contributed by atoms with Crippen molar-refractivity contribution in [2.24, 2.45) is 20.5 Å². The first kappa shape index (κ1) is 43.7. The molecule has 0 aliphatic rings. The Balaban J connectivity index is 0.00000604. The van der Waals surface area contributed by atoms with Crippen molar-refractivity contribution in [3.8, 4) is 11.5 Å². The van der Waals surface area contributed by atoms with E-state index in [1.807, 2.05) is 13.0 Å². The Morgan fingerprint density at radius 2 is 1.00 bits per heavy atom. The number of amides is 2. The SMILES string of the molecule is Cc1cccc(N=Nc2c(S(=O)(=O)O)cc3cc(NC(=O)Nc4ccc5c(O)c(N=Nc6ccc7cc(S(=O)(=O)O)ccc7c6)c(S(=O)(=O)O)cc5c4)ccc3c2O)c1.[Na+]. The number of rotatable bonds is 9. The number of fused-ring (bicyclic) bond motifs is 3. The fraction of sp³-hybridized carbons (Fsp3) is 0.0263. The summed E-state index contributed by atoms with van der Waals surface area (Å²) in [5.74, 6) is -1.26. The number of phenolic OH excluding ortho intramolecular Hbond substituents is 2. The molecule has 0 bridgehead atoms. The van der Waals surface area contributed by atoms with E-state index in [2.05, 4.69) is 31.1 Å². The van der Waals surface area contributed by atoms with E-state index in [9.17, 15) is 53.9 Å². The summed E-state index contributed by atoms with van der Waals surface area (Å²) in [5, 5.41) is 44.3. The molecule has 0 aliphatic carbocycles. The van der Waals surface area contributed by atoms with Gasteiger partial charge in [-0.3, -0.25) is 13.7 Å². The first-order valence-electron chi connectivity index (χ1n) is 16.8. The molecule has 18 nitrogen and oxygen atoms in total. The second-order valence-electron chi connectivity index (χ2n) is 13.0. The number of aryl methyl sites for hydroxylation is 1. The van der Waals surface area contributed by atoms with Crippen LogP contribution in [0.4, 0.5) is 38.9 Å². The smallest absolute Gasteiger partial charge is 0.505 e. The second-order valence-corrected chi connectivity index (χ2v) is 17.2. The molecule has 0 saturated heterocycles. The van der Waals surface area contributed by atoms with E-state index in [0.717, 1.165) is 17.7 Å². The Morgan fingerprint density at radius 1 is 0.517 bits per heavy atom. The first-order valence-corrected chi connectivity index (χ1v) is 21.1. The third-order valence-corrected chi connectivity index (χ3v) is 11.4. The first-order chi connectivity index (χ1) is 27.7. The molecule has 2 amide bonds. The molecule has 0 radical (unpaired) electrons. The van der Waals surface area contributed by atoms with Crippen LogP contribution in [0.25, 0.3) is 32.3 Å². The van der Waals surface area contributed by atoms with Crippen molar-refractivity contribution in [2.75, 3.05) is 10.6 Å². The maximum Gasteiger partial charge on any atom is 1.00 e. The van der Waals surface area contributed by atoms with Gasteiger partial charge in [-0.2, -0.15) is 35.5 Å². The van der Waals surface area contributed by atoms with E-state index in [1.54, 1.807) is 18.2 Å². The van der Waals surface area contributed by atoms with Crippen molar-refractivity contribution in [1.29, 1.82) is 0 Å². The van der Waals surface area contributed by atoms with Gasteiger partial charge in [0, 0.05) is 22.1 Å². The average Bonchev–Trinajstić information content (AvgIpc) is 3.15. The quantitative estimate of drug-likeness (QED) is 0.0493. The summed E-state index contributed by atoms with van der Waals surface area (Å²) in [6, 6.07) is 24.4. The second kappa shape index (κ2) is 16.6. The summed E-state index contributed by atoms with van der Waals surface area (Å²) in [4.78, 5) is 11.2. The number of azo groups is 2. The normalized spacial score (nSPS) is 12.3. The number of hydrogen-bond donors (Lipinski definition) is 7. The topological polar surface area (TPSA) is 294 Å². The minimum atomic E-state index is -5.01. The maximum atomic E-state index is 13.1. The van der Waals surface area contributed by atoms with Crippen LogP contribution in [0.1, 0.15) is 5.56 Å². The third-order valence-electron chi connectivity index (χ3n) is 8.80. The Labute approximate surface area is 362 Å². The molecule has 0 aliphatic heterocycles. The van der Waals surface area contributed by atoms with Gasteiger partial charge in [-0.15, -0.1) is 10.2 Å². The van der Waals surface area contributed by atoms with Gasteiger partial charge in [0.1, 0.15) is 21.2 Å². The number of carbonyl (C=O) groups excluding carboxylic acids is 1. The number of anilines is 2. The summed E-state index contributed by atoms with van der Waals surface area (Å²) >= 11 is 0. The summed E-state index contributed by atoms with van der Waals surface area (Å²) in [7, 11) is -14.4. The molecule has 7 N–H and O–H groups in total. The zero-order valence-corrected chi connectivity index (χ0v) is 35.4. The van der Waals surface area contributed by atoms with Gasteiger partial charge < -0.3 is 20.8 Å². The number of hydrogen-bond acceptors (Lipinski definition) is 13. The van der Waals surface area contributed by atoms with E-state index >= 15 is 0 Å². The van der Waals surface area contributed by atoms with Crippen LogP contribution in [0.2, 0.25) is 0 Å². The predicted molar refractivity (Wildman–Crippen MR) is 217 cm³/mol. The molecule has 0 fully saturated rings. The van der Waals surface area contributed by atoms with Crippen LogP contribution in [0.5, 0.6) is 11.5 Å². The van der Waals surface area contributed by atoms with Crippen LogP contribution < -0.4 is 40.2 Å². The molecule has 0 heterocycles. The van der Waals surface area contributed by atoms with Crippen molar-refractivity contribution < 1.29 is 83.5 Å². The van der Waals surface area contributed by atoms with Gasteiger partial charge in [-0.25, -0.2) is 4.79 Å². The van der Waals surface area contributed by atoms with Gasteiger partial charge in [0.2, 0.25) is 0 Å². The molecular formula is C38H28N6NaO12S3+. The monoisotopic (exact) mass is 879 g/mol. The fourth-order valence-electron chi connectivity index (χ4n) is 6.08. The molecule has 7 aromatic carbocycles. The van der Waals surface area contributed by atoms with E-state index in [1.165, 1.54) is 72.8 Å². The zero-order valence-electron chi connectivity index (χ0n) is 31.0. The largest absolute Gasteiger partial charge is 1.00 e. The summed E-state index contributed by atoms with van der Waals surface area (Å²) in [6.07, 6.45) is 0. The van der Waals surface area contributed by atoms with Gasteiger partial charge >= 0.3 is 35.6 Å². The Morgan fingerprint density at radius 3 is 1.48 bits per heavy atom. The van der Waals surface area contributed by atoms with Crippen molar-refractivity contribution in [1.82, 2.24) is 0 Å². The van der Waals surface area contributed by atoms with E-state index in [0.29, 0.717) is 16.5 Å². The number of phenols is 2. The van der Waals surface area contributed by atoms with Crippen molar-refractivity contribution >= 4 is 103 Å². The Bertz CT molecular complexity index is 3330.